The standard InChI is InChI=1S/C15H14BrClN2O/c1-10-6-7-11(8-13(10)17)18-9-15(20)19-14-5-3-2-4-12(14)16/h2-8,18H,9H2,1H3,(H,19,20). The van der Waals surface area contributed by atoms with E-state index >= 15 is 0 Å². The normalized spacial score (nSPS) is 10.2. The molecule has 0 saturated carbocycles. The highest BCUT2D eigenvalue weighted by molar-refractivity contribution is 9.10. The first kappa shape index (κ1) is 14.9. The quantitative estimate of drug-likeness (QED) is 0.852. The molecule has 0 heterocycles. The van der Waals surface area contributed by atoms with E-state index in [4.69, 9.17) is 11.6 Å². The third-order valence-electron chi connectivity index (χ3n) is 2.77. The first-order chi connectivity index (χ1) is 9.56. The van der Waals surface area contributed by atoms with E-state index < -0.39 is 0 Å². The minimum atomic E-state index is -0.117. The summed E-state index contributed by atoms with van der Waals surface area (Å²) >= 11 is 9.42. The predicted octanol–water partition coefficient (Wildman–Crippen LogP) is 4.46. The summed E-state index contributed by atoms with van der Waals surface area (Å²) < 4.78 is 0.853. The number of para-hydroxylation sites is 1. The number of amides is 1. The summed E-state index contributed by atoms with van der Waals surface area (Å²) in [5, 5.41) is 6.55. The molecule has 0 atom stereocenters. The summed E-state index contributed by atoms with van der Waals surface area (Å²) in [6, 6.07) is 13.1. The van der Waals surface area contributed by atoms with Crippen molar-refractivity contribution in [3.05, 3.63) is 57.5 Å². The summed E-state index contributed by atoms with van der Waals surface area (Å²) in [6.45, 7) is 2.12. The van der Waals surface area contributed by atoms with Crippen LogP contribution in [0.25, 0.3) is 0 Å². The number of hydrogen-bond donors (Lipinski definition) is 2. The SMILES string of the molecule is Cc1ccc(NCC(=O)Nc2ccccc2Br)cc1Cl. The Kier molecular flexibility index (Phi) is 5.04. The monoisotopic (exact) mass is 352 g/mol. The van der Waals surface area contributed by atoms with E-state index in [1.807, 2.05) is 49.4 Å². The maximum atomic E-state index is 11.9. The minimum Gasteiger partial charge on any atom is -0.376 e. The van der Waals surface area contributed by atoms with Crippen LogP contribution in [-0.4, -0.2) is 12.5 Å². The fourth-order valence-corrected chi connectivity index (χ4v) is 2.21. The van der Waals surface area contributed by atoms with Crippen LogP contribution in [-0.2, 0) is 4.79 Å². The van der Waals surface area contributed by atoms with Crippen LogP contribution in [0.5, 0.6) is 0 Å². The summed E-state index contributed by atoms with van der Waals surface area (Å²) in [6.07, 6.45) is 0. The first-order valence-corrected chi connectivity index (χ1v) is 7.28. The highest BCUT2D eigenvalue weighted by Crippen LogP contribution is 2.21. The first-order valence-electron chi connectivity index (χ1n) is 6.10. The van der Waals surface area contributed by atoms with Crippen LogP contribution in [0.4, 0.5) is 11.4 Å². The Balaban J connectivity index is 1.92. The smallest absolute Gasteiger partial charge is 0.243 e. The van der Waals surface area contributed by atoms with Gasteiger partial charge in [-0.25, -0.2) is 0 Å². The fraction of sp³-hybridized carbons (Fsp3) is 0.133. The van der Waals surface area contributed by atoms with E-state index in [0.29, 0.717) is 5.02 Å². The second kappa shape index (κ2) is 6.77. The van der Waals surface area contributed by atoms with Crippen molar-refractivity contribution in [1.82, 2.24) is 0 Å². The van der Waals surface area contributed by atoms with Gasteiger partial charge in [-0.15, -0.1) is 0 Å². The zero-order valence-electron chi connectivity index (χ0n) is 10.9. The third kappa shape index (κ3) is 3.99. The molecule has 104 valence electrons. The Bertz CT molecular complexity index is 631. The van der Waals surface area contributed by atoms with Gasteiger partial charge in [0.25, 0.3) is 0 Å². The second-order valence-electron chi connectivity index (χ2n) is 4.35. The average Bonchev–Trinajstić information content (AvgIpc) is 2.43. The lowest BCUT2D eigenvalue weighted by molar-refractivity contribution is -0.114. The van der Waals surface area contributed by atoms with E-state index in [9.17, 15) is 4.79 Å². The summed E-state index contributed by atoms with van der Waals surface area (Å²) in [7, 11) is 0. The van der Waals surface area contributed by atoms with Gasteiger partial charge in [-0.3, -0.25) is 4.79 Å². The summed E-state index contributed by atoms with van der Waals surface area (Å²) in [4.78, 5) is 11.9. The van der Waals surface area contributed by atoms with Crippen LogP contribution in [0.1, 0.15) is 5.56 Å². The molecule has 20 heavy (non-hydrogen) atoms. The molecule has 0 unspecified atom stereocenters. The lowest BCUT2D eigenvalue weighted by Gasteiger charge is -2.10. The van der Waals surface area contributed by atoms with Crippen LogP contribution in [0, 0.1) is 6.92 Å². The largest absolute Gasteiger partial charge is 0.376 e. The Labute approximate surface area is 131 Å². The summed E-state index contributed by atoms with van der Waals surface area (Å²) in [5.41, 5.74) is 2.58. The van der Waals surface area contributed by atoms with Crippen molar-refractivity contribution in [3.8, 4) is 0 Å². The number of halogens is 2. The maximum Gasteiger partial charge on any atom is 0.243 e. The Morgan fingerprint density at radius 3 is 2.70 bits per heavy atom. The summed E-state index contributed by atoms with van der Waals surface area (Å²) in [5.74, 6) is -0.117. The number of hydrogen-bond acceptors (Lipinski definition) is 2. The van der Waals surface area contributed by atoms with Crippen LogP contribution >= 0.6 is 27.5 Å². The molecule has 2 aromatic rings. The van der Waals surface area contributed by atoms with E-state index in [1.165, 1.54) is 0 Å². The predicted molar refractivity (Wildman–Crippen MR) is 87.5 cm³/mol. The van der Waals surface area contributed by atoms with Crippen molar-refractivity contribution in [3.63, 3.8) is 0 Å². The van der Waals surface area contributed by atoms with Crippen molar-refractivity contribution in [2.45, 2.75) is 6.92 Å². The van der Waals surface area contributed by atoms with Crippen LogP contribution in [0.2, 0.25) is 5.02 Å². The number of carbonyl (C=O) groups excluding carboxylic acids is 1. The third-order valence-corrected chi connectivity index (χ3v) is 3.87. The van der Waals surface area contributed by atoms with Gasteiger partial charge in [-0.1, -0.05) is 29.8 Å². The molecule has 0 aliphatic carbocycles. The molecule has 0 aromatic heterocycles. The van der Waals surface area contributed by atoms with Gasteiger partial charge < -0.3 is 10.6 Å². The van der Waals surface area contributed by atoms with Gasteiger partial charge in [0.05, 0.1) is 12.2 Å². The van der Waals surface area contributed by atoms with Gasteiger partial charge in [0, 0.05) is 15.2 Å². The molecule has 2 N–H and O–H groups in total. The molecule has 3 nitrogen and oxygen atoms in total. The fourth-order valence-electron chi connectivity index (χ4n) is 1.64. The van der Waals surface area contributed by atoms with E-state index in [2.05, 4.69) is 26.6 Å². The average molecular weight is 354 g/mol. The number of nitrogens with one attached hydrogen (secondary N) is 2. The maximum absolute atomic E-state index is 11.9. The van der Waals surface area contributed by atoms with Gasteiger partial charge in [0.2, 0.25) is 5.91 Å². The van der Waals surface area contributed by atoms with Gasteiger partial charge in [-0.05, 0) is 52.7 Å². The number of rotatable bonds is 4. The van der Waals surface area contributed by atoms with Gasteiger partial charge in [0.15, 0.2) is 0 Å². The van der Waals surface area contributed by atoms with Crippen molar-refractivity contribution < 1.29 is 4.79 Å². The number of aryl methyl sites for hydroxylation is 1. The lowest BCUT2D eigenvalue weighted by atomic mass is 10.2. The van der Waals surface area contributed by atoms with Crippen LogP contribution in [0.3, 0.4) is 0 Å². The number of benzene rings is 2. The molecule has 0 fully saturated rings. The van der Waals surface area contributed by atoms with E-state index in [0.717, 1.165) is 21.4 Å². The molecular formula is C15H14BrClN2O. The van der Waals surface area contributed by atoms with E-state index in [-0.39, 0.29) is 12.5 Å². The molecule has 1 amide bonds. The molecule has 0 aliphatic heterocycles. The lowest BCUT2D eigenvalue weighted by Crippen LogP contribution is -2.21. The Hall–Kier alpha value is -1.52. The van der Waals surface area contributed by atoms with Gasteiger partial charge >= 0.3 is 0 Å². The topological polar surface area (TPSA) is 41.1 Å². The zero-order chi connectivity index (χ0) is 14.5. The van der Waals surface area contributed by atoms with Crippen molar-refractivity contribution in [2.75, 3.05) is 17.2 Å². The Morgan fingerprint density at radius 2 is 2.00 bits per heavy atom. The second-order valence-corrected chi connectivity index (χ2v) is 5.61. The molecule has 5 heteroatoms. The highest BCUT2D eigenvalue weighted by Gasteiger charge is 2.05. The Morgan fingerprint density at radius 1 is 1.25 bits per heavy atom. The number of anilines is 2. The van der Waals surface area contributed by atoms with Crippen molar-refractivity contribution >= 4 is 44.8 Å². The molecule has 0 spiro atoms. The van der Waals surface area contributed by atoms with Crippen LogP contribution < -0.4 is 10.6 Å². The van der Waals surface area contributed by atoms with Crippen molar-refractivity contribution in [1.29, 1.82) is 0 Å². The van der Waals surface area contributed by atoms with Crippen molar-refractivity contribution in [2.24, 2.45) is 0 Å². The molecular weight excluding hydrogens is 340 g/mol. The number of carbonyl (C=O) groups is 1. The highest BCUT2D eigenvalue weighted by atomic mass is 79.9. The van der Waals surface area contributed by atoms with Gasteiger partial charge in [-0.2, -0.15) is 0 Å². The molecule has 2 rings (SSSR count). The molecule has 0 saturated heterocycles. The molecule has 2 aromatic carbocycles. The van der Waals surface area contributed by atoms with Gasteiger partial charge in [0.1, 0.15) is 0 Å². The van der Waals surface area contributed by atoms with E-state index in [1.54, 1.807) is 0 Å². The molecule has 0 aliphatic rings. The molecule has 0 bridgehead atoms. The molecule has 0 radical (unpaired) electrons. The zero-order valence-corrected chi connectivity index (χ0v) is 13.3. The van der Waals surface area contributed by atoms with Crippen LogP contribution in [0.15, 0.2) is 46.9 Å². The minimum absolute atomic E-state index is 0.117.